The summed E-state index contributed by atoms with van der Waals surface area (Å²) >= 11 is 0. The first-order valence-electron chi connectivity index (χ1n) is 15.9. The summed E-state index contributed by atoms with van der Waals surface area (Å²) in [5.41, 5.74) is 11.5. The molecule has 0 unspecified atom stereocenters. The van der Waals surface area contributed by atoms with Gasteiger partial charge < -0.3 is 42.7 Å². The number of rotatable bonds is 18. The van der Waals surface area contributed by atoms with Crippen LogP contribution >= 0.6 is 0 Å². The molecule has 50 heavy (non-hydrogen) atoms. The Balaban J connectivity index is 1.65. The van der Waals surface area contributed by atoms with Gasteiger partial charge in [0, 0.05) is 43.8 Å². The minimum Gasteiger partial charge on any atom is -0.481 e. The average Bonchev–Trinajstić information content (AvgIpc) is 3.58. The van der Waals surface area contributed by atoms with Crippen molar-refractivity contribution in [3.8, 4) is 0 Å². The van der Waals surface area contributed by atoms with Crippen LogP contribution in [0.4, 0.5) is 11.4 Å². The molecule has 0 saturated carbocycles. The number of likely N-dealkylation sites (tertiary alicyclic amines) is 1. The van der Waals surface area contributed by atoms with Gasteiger partial charge in [-0.05, 0) is 43.4 Å². The van der Waals surface area contributed by atoms with Crippen molar-refractivity contribution < 1.29 is 38.8 Å². The Kier molecular flexibility index (Phi) is 14.6. The Hall–Kier alpha value is -6.07. The number of nitrogens with two attached hydrogens (primary N) is 2. The van der Waals surface area contributed by atoms with Crippen molar-refractivity contribution in [2.24, 2.45) is 16.5 Å². The lowest BCUT2D eigenvalue weighted by Crippen LogP contribution is -2.54. The predicted molar refractivity (Wildman–Crippen MR) is 180 cm³/mol. The fourth-order valence-electron chi connectivity index (χ4n) is 5.21. The molecule has 0 aromatic heterocycles. The summed E-state index contributed by atoms with van der Waals surface area (Å²) in [6, 6.07) is 11.1. The van der Waals surface area contributed by atoms with Crippen molar-refractivity contribution in [2.75, 3.05) is 25.0 Å². The lowest BCUT2D eigenvalue weighted by molar-refractivity contribution is -0.384. The van der Waals surface area contributed by atoms with Gasteiger partial charge in [-0.2, -0.15) is 0 Å². The molecule has 18 heteroatoms. The van der Waals surface area contributed by atoms with E-state index >= 15 is 0 Å². The van der Waals surface area contributed by atoms with E-state index in [2.05, 4.69) is 26.3 Å². The van der Waals surface area contributed by atoms with E-state index in [1.165, 1.54) is 29.2 Å². The fraction of sp³-hybridized carbons (Fsp3) is 0.406. The highest BCUT2D eigenvalue weighted by molar-refractivity contribution is 5.99. The Labute approximate surface area is 287 Å². The molecule has 0 bridgehead atoms. The number of guanidine groups is 1. The summed E-state index contributed by atoms with van der Waals surface area (Å²) < 4.78 is 0. The summed E-state index contributed by atoms with van der Waals surface area (Å²) in [4.78, 5) is 91.9. The Morgan fingerprint density at radius 2 is 1.66 bits per heavy atom. The smallest absolute Gasteiger partial charge is 0.303 e. The third-order valence-corrected chi connectivity index (χ3v) is 7.71. The first-order valence-corrected chi connectivity index (χ1v) is 15.9. The van der Waals surface area contributed by atoms with Crippen LogP contribution < -0.4 is 32.7 Å². The number of nitro benzene ring substituents is 1. The van der Waals surface area contributed by atoms with Crippen LogP contribution in [0.2, 0.25) is 0 Å². The van der Waals surface area contributed by atoms with E-state index in [4.69, 9.17) is 16.6 Å². The number of amides is 5. The van der Waals surface area contributed by atoms with Crippen molar-refractivity contribution in [3.05, 3.63) is 70.3 Å². The zero-order chi connectivity index (χ0) is 36.6. The third-order valence-electron chi connectivity index (χ3n) is 7.71. The van der Waals surface area contributed by atoms with Gasteiger partial charge in [-0.3, -0.25) is 43.9 Å². The van der Waals surface area contributed by atoms with Crippen molar-refractivity contribution in [1.82, 2.24) is 20.9 Å². The van der Waals surface area contributed by atoms with Crippen LogP contribution in [0, 0.1) is 10.1 Å². The number of nitrogens with one attached hydrogen (secondary N) is 4. The van der Waals surface area contributed by atoms with Crippen LogP contribution in [0.25, 0.3) is 0 Å². The minimum atomic E-state index is -1.18. The van der Waals surface area contributed by atoms with Gasteiger partial charge in [-0.1, -0.05) is 30.3 Å². The molecule has 9 N–H and O–H groups in total. The molecule has 1 aliphatic heterocycles. The van der Waals surface area contributed by atoms with Gasteiger partial charge >= 0.3 is 5.97 Å². The second-order valence-corrected chi connectivity index (χ2v) is 11.5. The molecule has 0 radical (unpaired) electrons. The van der Waals surface area contributed by atoms with Crippen LogP contribution in [0.5, 0.6) is 0 Å². The second kappa shape index (κ2) is 19.1. The van der Waals surface area contributed by atoms with Crippen molar-refractivity contribution in [2.45, 2.75) is 63.1 Å². The molecule has 2 aromatic rings. The molecule has 3 rings (SSSR count). The molecular formula is C32H41N9O9. The molecular weight excluding hydrogens is 654 g/mol. The maximum atomic E-state index is 13.5. The van der Waals surface area contributed by atoms with Gasteiger partial charge in [-0.25, -0.2) is 0 Å². The summed E-state index contributed by atoms with van der Waals surface area (Å²) in [5, 5.41) is 30.2. The highest BCUT2D eigenvalue weighted by Crippen LogP contribution is 2.19. The minimum absolute atomic E-state index is 0.0924. The molecule has 3 atom stereocenters. The van der Waals surface area contributed by atoms with E-state index in [0.717, 1.165) is 5.56 Å². The number of nitrogens with zero attached hydrogens (tertiary/aromatic N) is 3. The second-order valence-electron chi connectivity index (χ2n) is 11.5. The van der Waals surface area contributed by atoms with Crippen molar-refractivity contribution in [3.63, 3.8) is 0 Å². The Bertz CT molecular complexity index is 1560. The van der Waals surface area contributed by atoms with Gasteiger partial charge in [0.05, 0.1) is 17.9 Å². The van der Waals surface area contributed by atoms with Crippen molar-refractivity contribution in [1.29, 1.82) is 0 Å². The molecule has 0 spiro atoms. The fourth-order valence-corrected chi connectivity index (χ4v) is 5.21. The summed E-state index contributed by atoms with van der Waals surface area (Å²) in [6.45, 7) is -0.108. The number of hydrogen-bond donors (Lipinski definition) is 7. The third kappa shape index (κ3) is 12.5. The van der Waals surface area contributed by atoms with Gasteiger partial charge in [-0.15, -0.1) is 0 Å². The van der Waals surface area contributed by atoms with E-state index in [1.807, 2.05) is 0 Å². The number of anilines is 1. The number of carbonyl (C=O) groups excluding carboxylic acids is 5. The number of carboxylic acids is 1. The van der Waals surface area contributed by atoms with E-state index in [0.29, 0.717) is 19.3 Å². The molecule has 0 aliphatic carbocycles. The summed E-state index contributed by atoms with van der Waals surface area (Å²) in [6.07, 6.45) is 0.507. The van der Waals surface area contributed by atoms with E-state index in [1.54, 1.807) is 30.3 Å². The lowest BCUT2D eigenvalue weighted by Gasteiger charge is -2.27. The predicted octanol–water partition coefficient (Wildman–Crippen LogP) is -0.229. The monoisotopic (exact) mass is 695 g/mol. The van der Waals surface area contributed by atoms with Crippen LogP contribution in [0.3, 0.4) is 0 Å². The number of hydrogen-bond acceptors (Lipinski definition) is 9. The lowest BCUT2D eigenvalue weighted by atomic mass is 10.0. The number of aliphatic carboxylic acids is 1. The van der Waals surface area contributed by atoms with Crippen LogP contribution in [-0.2, 0) is 35.2 Å². The number of benzene rings is 2. The zero-order valence-corrected chi connectivity index (χ0v) is 27.2. The molecule has 2 aromatic carbocycles. The molecule has 18 nitrogen and oxygen atoms in total. The van der Waals surface area contributed by atoms with Crippen molar-refractivity contribution >= 4 is 52.8 Å². The van der Waals surface area contributed by atoms with Gasteiger partial charge in [0.25, 0.3) is 5.69 Å². The number of carbonyl (C=O) groups is 6. The molecule has 1 heterocycles. The molecule has 1 aliphatic rings. The zero-order valence-electron chi connectivity index (χ0n) is 27.2. The maximum absolute atomic E-state index is 13.5. The Morgan fingerprint density at radius 3 is 2.30 bits per heavy atom. The largest absolute Gasteiger partial charge is 0.481 e. The topological polar surface area (TPSA) is 282 Å². The van der Waals surface area contributed by atoms with Crippen LogP contribution in [-0.4, -0.2) is 94.2 Å². The number of nitro groups is 1. The SMILES string of the molecule is NC(N)=NCCC[C@H](NC(=O)CCC(=O)O)C(=O)NCC(=O)N1CCC[C@H]1C(=O)N[C@@H](Cc1ccccc1)C(=O)Nc1ccc([N+](=O)[O-])cc1. The highest BCUT2D eigenvalue weighted by Gasteiger charge is 2.36. The summed E-state index contributed by atoms with van der Waals surface area (Å²) in [7, 11) is 0. The van der Waals surface area contributed by atoms with E-state index in [9.17, 15) is 38.9 Å². The standard InChI is InChI=1S/C32H41N9O9/c33-32(34)35-16-4-8-23(38-26(42)14-15-28(44)45)29(46)36-19-27(43)40-17-5-9-25(40)31(48)39-24(18-20-6-2-1-3-7-20)30(47)37-21-10-12-22(13-11-21)41(49)50/h1-3,6-7,10-13,23-25H,4-5,8-9,14-19H2,(H,36,46)(H,37,47)(H,38,42)(H,39,48)(H,44,45)(H4,33,34,35)/t23-,24-,25-/m0/s1. The van der Waals surface area contributed by atoms with E-state index in [-0.39, 0.29) is 49.7 Å². The number of aliphatic imine (C=N–C) groups is 1. The van der Waals surface area contributed by atoms with Crippen LogP contribution in [0.15, 0.2) is 59.6 Å². The molecule has 268 valence electrons. The summed E-state index contributed by atoms with van der Waals surface area (Å²) in [5.74, 6) is -4.41. The normalized spacial score (nSPS) is 14.8. The number of carboxylic acid groups (broad SMARTS) is 1. The molecule has 1 saturated heterocycles. The first-order chi connectivity index (χ1) is 23.8. The molecule has 1 fully saturated rings. The molecule has 5 amide bonds. The Morgan fingerprint density at radius 1 is 0.960 bits per heavy atom. The first kappa shape index (κ1) is 38.4. The van der Waals surface area contributed by atoms with Gasteiger partial charge in [0.15, 0.2) is 5.96 Å². The van der Waals surface area contributed by atoms with Crippen LogP contribution in [0.1, 0.15) is 44.1 Å². The average molecular weight is 696 g/mol. The highest BCUT2D eigenvalue weighted by atomic mass is 16.6. The van der Waals surface area contributed by atoms with Gasteiger partial charge in [0.1, 0.15) is 18.1 Å². The quantitative estimate of drug-likeness (QED) is 0.0352. The number of non-ortho nitro benzene ring substituents is 1. The van der Waals surface area contributed by atoms with Gasteiger partial charge in [0.2, 0.25) is 29.5 Å². The van der Waals surface area contributed by atoms with E-state index < -0.39 is 71.5 Å². The maximum Gasteiger partial charge on any atom is 0.303 e.